The summed E-state index contributed by atoms with van der Waals surface area (Å²) < 4.78 is 32.1. The Morgan fingerprint density at radius 1 is 0.926 bits per heavy atom. The van der Waals surface area contributed by atoms with Crippen molar-refractivity contribution in [1.82, 2.24) is 0 Å². The summed E-state index contributed by atoms with van der Waals surface area (Å²) in [5.41, 5.74) is 2.87. The van der Waals surface area contributed by atoms with Gasteiger partial charge in [-0.15, -0.1) is 0 Å². The fourth-order valence-corrected chi connectivity index (χ4v) is 3.08. The Morgan fingerprint density at radius 2 is 1.67 bits per heavy atom. The van der Waals surface area contributed by atoms with Crippen LogP contribution >= 0.6 is 0 Å². The number of carbonyl (C=O) groups is 1. The van der Waals surface area contributed by atoms with E-state index < -0.39 is 17.6 Å². The van der Waals surface area contributed by atoms with Gasteiger partial charge in [-0.2, -0.15) is 0 Å². The molecule has 0 aromatic heterocycles. The van der Waals surface area contributed by atoms with Crippen LogP contribution in [0.3, 0.4) is 0 Å². The Morgan fingerprint density at radius 3 is 2.41 bits per heavy atom. The van der Waals surface area contributed by atoms with Crippen LogP contribution < -0.4 is 10.1 Å². The number of hydrogen-bond donors (Lipinski definition) is 2. The van der Waals surface area contributed by atoms with E-state index in [1.807, 2.05) is 12.1 Å². The van der Waals surface area contributed by atoms with Gasteiger partial charge in [0.05, 0.1) is 16.9 Å². The summed E-state index contributed by atoms with van der Waals surface area (Å²) in [7, 11) is 0. The largest absolute Gasteiger partial charge is 0.478 e. The van der Waals surface area contributed by atoms with Gasteiger partial charge in [-0.3, -0.25) is 0 Å². The molecule has 2 N–H and O–H groups in total. The molecule has 1 aliphatic heterocycles. The van der Waals surface area contributed by atoms with Gasteiger partial charge in [-0.1, -0.05) is 18.2 Å². The van der Waals surface area contributed by atoms with E-state index in [0.29, 0.717) is 41.3 Å². The highest BCUT2D eigenvalue weighted by atomic mass is 19.2. The molecule has 4 rings (SSSR count). The quantitative estimate of drug-likeness (QED) is 0.514. The van der Waals surface area contributed by atoms with Crippen LogP contribution in [0, 0.1) is 11.6 Å². The lowest BCUT2D eigenvalue weighted by Crippen LogP contribution is -2.09. The fraction of sp³-hybridized carbons (Fsp3) is 0.0952. The van der Waals surface area contributed by atoms with Crippen LogP contribution in [0.2, 0.25) is 0 Å². The molecule has 3 aromatic rings. The third kappa shape index (κ3) is 3.33. The Balaban J connectivity index is 1.56. The third-order valence-electron chi connectivity index (χ3n) is 4.47. The van der Waals surface area contributed by atoms with Gasteiger partial charge in [0.15, 0.2) is 23.1 Å². The summed E-state index contributed by atoms with van der Waals surface area (Å²) in [6.07, 6.45) is 1.17. The predicted octanol–water partition coefficient (Wildman–Crippen LogP) is 5.30. The molecule has 0 amide bonds. The number of para-hydroxylation sites is 1. The maximum atomic E-state index is 13.3. The van der Waals surface area contributed by atoms with Crippen LogP contribution in [0.4, 0.5) is 20.2 Å². The maximum absolute atomic E-state index is 13.3. The van der Waals surface area contributed by atoms with Gasteiger partial charge in [-0.25, -0.2) is 13.6 Å². The first-order valence-corrected chi connectivity index (χ1v) is 8.39. The number of fused-ring (bicyclic) bond motifs is 2. The molecule has 0 saturated heterocycles. The van der Waals surface area contributed by atoms with Crippen LogP contribution in [0.1, 0.15) is 21.5 Å². The van der Waals surface area contributed by atoms with Crippen LogP contribution in [-0.4, -0.2) is 11.1 Å². The Bertz CT molecular complexity index is 1050. The number of ether oxygens (including phenoxy) is 1. The number of benzene rings is 3. The average Bonchev–Trinajstić information content (AvgIpc) is 2.66. The molecule has 136 valence electrons. The number of rotatable bonds is 4. The highest BCUT2D eigenvalue weighted by molar-refractivity contribution is 5.98. The molecule has 0 spiro atoms. The summed E-state index contributed by atoms with van der Waals surface area (Å²) in [5, 5.41) is 12.5. The van der Waals surface area contributed by atoms with Crippen molar-refractivity contribution < 1.29 is 23.4 Å². The Labute approximate surface area is 154 Å². The lowest BCUT2D eigenvalue weighted by Gasteiger charge is -2.23. The number of aryl methyl sites for hydroxylation is 2. The Hall–Kier alpha value is -3.41. The lowest BCUT2D eigenvalue weighted by atomic mass is 10.0. The van der Waals surface area contributed by atoms with Crippen LogP contribution in [-0.2, 0) is 12.8 Å². The number of carboxylic acids is 1. The molecule has 0 aliphatic carbocycles. The minimum Gasteiger partial charge on any atom is -0.478 e. The molecule has 0 radical (unpaired) electrons. The maximum Gasteiger partial charge on any atom is 0.337 e. The standard InChI is InChI=1S/C21H15F2NO3/c22-15-8-6-12(10-16(15)23)4-5-13-7-9-18-17(11-13)24-20-14(21(25)26)2-1-3-19(20)27-18/h1-3,6-11,24H,4-5H2,(H,25,26). The second kappa shape index (κ2) is 6.72. The first-order chi connectivity index (χ1) is 13.0. The number of anilines is 2. The minimum absolute atomic E-state index is 0.130. The molecule has 6 heteroatoms. The van der Waals surface area contributed by atoms with E-state index in [4.69, 9.17) is 4.74 Å². The zero-order valence-electron chi connectivity index (χ0n) is 14.1. The minimum atomic E-state index is -1.04. The summed E-state index contributed by atoms with van der Waals surface area (Å²) >= 11 is 0. The molecule has 4 nitrogen and oxygen atoms in total. The molecule has 1 heterocycles. The van der Waals surface area contributed by atoms with Gasteiger partial charge in [0.1, 0.15) is 0 Å². The van der Waals surface area contributed by atoms with E-state index in [2.05, 4.69) is 5.32 Å². The molecule has 3 aromatic carbocycles. The van der Waals surface area contributed by atoms with Crippen LogP contribution in [0.5, 0.6) is 11.5 Å². The van der Waals surface area contributed by atoms with Gasteiger partial charge in [0.2, 0.25) is 0 Å². The molecule has 27 heavy (non-hydrogen) atoms. The summed E-state index contributed by atoms with van der Waals surface area (Å²) in [6.45, 7) is 0. The van der Waals surface area contributed by atoms with E-state index in [-0.39, 0.29) is 5.56 Å². The smallest absolute Gasteiger partial charge is 0.337 e. The van der Waals surface area contributed by atoms with E-state index in [1.165, 1.54) is 12.1 Å². The first kappa shape index (κ1) is 17.0. The van der Waals surface area contributed by atoms with Crippen molar-refractivity contribution in [2.75, 3.05) is 5.32 Å². The van der Waals surface area contributed by atoms with Crippen molar-refractivity contribution in [3.63, 3.8) is 0 Å². The summed E-state index contributed by atoms with van der Waals surface area (Å²) in [5.74, 6) is -1.70. The Kier molecular flexibility index (Phi) is 4.24. The van der Waals surface area contributed by atoms with E-state index >= 15 is 0 Å². The summed E-state index contributed by atoms with van der Waals surface area (Å²) in [6, 6.07) is 14.3. The SMILES string of the molecule is O=C(O)c1cccc2c1Nc1cc(CCc3ccc(F)c(F)c3)ccc1O2. The molecule has 0 bridgehead atoms. The first-order valence-electron chi connectivity index (χ1n) is 8.39. The van der Waals surface area contributed by atoms with Crippen molar-refractivity contribution in [3.05, 3.63) is 82.9 Å². The fourth-order valence-electron chi connectivity index (χ4n) is 3.08. The second-order valence-corrected chi connectivity index (χ2v) is 6.29. The van der Waals surface area contributed by atoms with Crippen molar-refractivity contribution in [3.8, 4) is 11.5 Å². The second-order valence-electron chi connectivity index (χ2n) is 6.29. The number of aromatic carboxylic acids is 1. The summed E-state index contributed by atoms with van der Waals surface area (Å²) in [4.78, 5) is 11.4. The van der Waals surface area contributed by atoms with Crippen molar-refractivity contribution in [1.29, 1.82) is 0 Å². The topological polar surface area (TPSA) is 58.6 Å². The zero-order valence-corrected chi connectivity index (χ0v) is 14.1. The number of nitrogens with one attached hydrogen (secondary N) is 1. The van der Waals surface area contributed by atoms with E-state index in [9.17, 15) is 18.7 Å². The highest BCUT2D eigenvalue weighted by Crippen LogP contribution is 2.43. The van der Waals surface area contributed by atoms with Gasteiger partial charge >= 0.3 is 5.97 Å². The number of hydrogen-bond acceptors (Lipinski definition) is 3. The van der Waals surface area contributed by atoms with Crippen molar-refractivity contribution >= 4 is 17.3 Å². The molecular formula is C21H15F2NO3. The normalized spacial score (nSPS) is 11.8. The van der Waals surface area contributed by atoms with Crippen LogP contribution in [0.25, 0.3) is 0 Å². The predicted molar refractivity (Wildman–Crippen MR) is 97.0 cm³/mol. The van der Waals surface area contributed by atoms with Gasteiger partial charge in [-0.05, 0) is 60.4 Å². The molecule has 0 saturated carbocycles. The van der Waals surface area contributed by atoms with E-state index in [0.717, 1.165) is 11.6 Å². The van der Waals surface area contributed by atoms with Gasteiger partial charge < -0.3 is 15.2 Å². The number of carboxylic acid groups (broad SMARTS) is 1. The van der Waals surface area contributed by atoms with Crippen molar-refractivity contribution in [2.45, 2.75) is 12.8 Å². The molecule has 0 fully saturated rings. The zero-order chi connectivity index (χ0) is 19.0. The van der Waals surface area contributed by atoms with Gasteiger partial charge in [0.25, 0.3) is 0 Å². The third-order valence-corrected chi connectivity index (χ3v) is 4.47. The van der Waals surface area contributed by atoms with Crippen LogP contribution in [0.15, 0.2) is 54.6 Å². The molecule has 1 aliphatic rings. The number of halogens is 2. The molecular weight excluding hydrogens is 352 g/mol. The lowest BCUT2D eigenvalue weighted by molar-refractivity contribution is 0.0697. The highest BCUT2D eigenvalue weighted by Gasteiger charge is 2.22. The monoisotopic (exact) mass is 367 g/mol. The molecule has 0 unspecified atom stereocenters. The molecule has 0 atom stereocenters. The van der Waals surface area contributed by atoms with Crippen molar-refractivity contribution in [2.24, 2.45) is 0 Å². The van der Waals surface area contributed by atoms with Gasteiger partial charge in [0, 0.05) is 0 Å². The average molecular weight is 367 g/mol. The van der Waals surface area contributed by atoms with E-state index in [1.54, 1.807) is 24.3 Å².